The van der Waals surface area contributed by atoms with E-state index in [1.165, 1.54) is 0 Å². The van der Waals surface area contributed by atoms with Gasteiger partial charge in [-0.2, -0.15) is 0 Å². The van der Waals surface area contributed by atoms with Crippen LogP contribution >= 0.6 is 0 Å². The van der Waals surface area contributed by atoms with Gasteiger partial charge in [-0.05, 0) is 56.1 Å². The van der Waals surface area contributed by atoms with Crippen molar-refractivity contribution in [2.75, 3.05) is 26.2 Å². The quantitative estimate of drug-likeness (QED) is 0.605. The van der Waals surface area contributed by atoms with Gasteiger partial charge < -0.3 is 25.5 Å². The van der Waals surface area contributed by atoms with Crippen LogP contribution in [0.1, 0.15) is 30.3 Å². The number of carbonyl (C=O) groups excluding carboxylic acids is 1. The van der Waals surface area contributed by atoms with Gasteiger partial charge in [-0.1, -0.05) is 6.92 Å². The highest BCUT2D eigenvalue weighted by Gasteiger charge is 2.16. The number of aromatic nitrogens is 1. The SMILES string of the molecule is C[C@@H](CNC(=O)c1cc2cc(OCC3CCNCC3)ccc2[nH]1)C(=O)O. The number of aromatic amines is 1. The fourth-order valence-corrected chi connectivity index (χ4v) is 3.01. The molecule has 7 nitrogen and oxygen atoms in total. The number of carboxylic acids is 1. The van der Waals surface area contributed by atoms with Crippen LogP contribution in [-0.4, -0.2) is 48.2 Å². The monoisotopic (exact) mass is 359 g/mol. The Kier molecular flexibility index (Phi) is 5.78. The van der Waals surface area contributed by atoms with Gasteiger partial charge in [-0.3, -0.25) is 9.59 Å². The second kappa shape index (κ2) is 8.23. The van der Waals surface area contributed by atoms with Crippen molar-refractivity contribution in [3.63, 3.8) is 0 Å². The van der Waals surface area contributed by atoms with E-state index in [-0.39, 0.29) is 12.5 Å². The maximum atomic E-state index is 12.2. The maximum absolute atomic E-state index is 12.2. The van der Waals surface area contributed by atoms with Crippen molar-refractivity contribution in [2.24, 2.45) is 11.8 Å². The molecule has 1 fully saturated rings. The maximum Gasteiger partial charge on any atom is 0.308 e. The van der Waals surface area contributed by atoms with Crippen molar-refractivity contribution in [3.8, 4) is 5.75 Å². The third kappa shape index (κ3) is 4.54. The zero-order valence-corrected chi connectivity index (χ0v) is 14.9. The van der Waals surface area contributed by atoms with E-state index in [9.17, 15) is 9.59 Å². The molecule has 1 aliphatic rings. The van der Waals surface area contributed by atoms with Crippen molar-refractivity contribution in [1.29, 1.82) is 0 Å². The zero-order valence-electron chi connectivity index (χ0n) is 14.9. The number of rotatable bonds is 7. The molecule has 0 unspecified atom stereocenters. The average Bonchev–Trinajstić information content (AvgIpc) is 3.08. The number of piperidine rings is 1. The molecular weight excluding hydrogens is 334 g/mol. The molecule has 1 aromatic carbocycles. The van der Waals surface area contributed by atoms with Crippen LogP contribution in [0.25, 0.3) is 10.9 Å². The molecular formula is C19H25N3O4. The first-order valence-electron chi connectivity index (χ1n) is 9.00. The molecule has 2 heterocycles. The first-order chi connectivity index (χ1) is 12.5. The van der Waals surface area contributed by atoms with Crippen LogP contribution in [0.5, 0.6) is 5.75 Å². The lowest BCUT2D eigenvalue weighted by Crippen LogP contribution is -2.31. The van der Waals surface area contributed by atoms with E-state index in [4.69, 9.17) is 9.84 Å². The van der Waals surface area contributed by atoms with Gasteiger partial charge in [0.2, 0.25) is 0 Å². The summed E-state index contributed by atoms with van der Waals surface area (Å²) in [7, 11) is 0. The first kappa shape index (κ1) is 18.3. The molecule has 0 spiro atoms. The number of amides is 1. The molecule has 140 valence electrons. The third-order valence-corrected chi connectivity index (χ3v) is 4.77. The Hall–Kier alpha value is -2.54. The summed E-state index contributed by atoms with van der Waals surface area (Å²) in [6.45, 7) is 4.44. The van der Waals surface area contributed by atoms with Crippen LogP contribution in [0, 0.1) is 11.8 Å². The van der Waals surface area contributed by atoms with Crippen molar-refractivity contribution >= 4 is 22.8 Å². The van der Waals surface area contributed by atoms with E-state index in [2.05, 4.69) is 15.6 Å². The smallest absolute Gasteiger partial charge is 0.308 e. The fourth-order valence-electron chi connectivity index (χ4n) is 3.01. The number of ether oxygens (including phenoxy) is 1. The van der Waals surface area contributed by atoms with Crippen LogP contribution in [0.2, 0.25) is 0 Å². The van der Waals surface area contributed by atoms with E-state index >= 15 is 0 Å². The molecule has 1 aromatic heterocycles. The Morgan fingerprint density at radius 1 is 1.31 bits per heavy atom. The number of nitrogens with one attached hydrogen (secondary N) is 3. The standard InChI is InChI=1S/C19H25N3O4/c1-12(19(24)25)10-21-18(23)17-9-14-8-15(2-3-16(14)22-17)26-11-13-4-6-20-7-5-13/h2-3,8-9,12-13,20,22H,4-7,10-11H2,1H3,(H,21,23)(H,24,25)/t12-/m0/s1. The van der Waals surface area contributed by atoms with Crippen LogP contribution in [0.4, 0.5) is 0 Å². The number of benzene rings is 1. The molecule has 1 amide bonds. The van der Waals surface area contributed by atoms with Crippen LogP contribution in [0.15, 0.2) is 24.3 Å². The summed E-state index contributed by atoms with van der Waals surface area (Å²) in [4.78, 5) is 26.1. The van der Waals surface area contributed by atoms with Crippen molar-refractivity contribution < 1.29 is 19.4 Å². The largest absolute Gasteiger partial charge is 0.493 e. The summed E-state index contributed by atoms with van der Waals surface area (Å²) in [6.07, 6.45) is 2.26. The van der Waals surface area contributed by atoms with Crippen LogP contribution in [0.3, 0.4) is 0 Å². The molecule has 0 aliphatic carbocycles. The van der Waals surface area contributed by atoms with Gasteiger partial charge >= 0.3 is 5.97 Å². The Morgan fingerprint density at radius 3 is 2.81 bits per heavy atom. The van der Waals surface area contributed by atoms with E-state index in [1.807, 2.05) is 18.2 Å². The van der Waals surface area contributed by atoms with E-state index in [1.54, 1.807) is 13.0 Å². The van der Waals surface area contributed by atoms with Gasteiger partial charge in [0.05, 0.1) is 12.5 Å². The van der Waals surface area contributed by atoms with Gasteiger partial charge in [-0.25, -0.2) is 0 Å². The minimum Gasteiger partial charge on any atom is -0.493 e. The minimum atomic E-state index is -0.933. The number of fused-ring (bicyclic) bond motifs is 1. The number of hydrogen-bond acceptors (Lipinski definition) is 4. The Morgan fingerprint density at radius 2 is 2.08 bits per heavy atom. The van der Waals surface area contributed by atoms with Crippen molar-refractivity contribution in [3.05, 3.63) is 30.0 Å². The summed E-state index contributed by atoms with van der Waals surface area (Å²) in [5.74, 6) is -0.500. The van der Waals surface area contributed by atoms with E-state index in [0.717, 1.165) is 42.6 Å². The highest BCUT2D eigenvalue weighted by Crippen LogP contribution is 2.23. The van der Waals surface area contributed by atoms with Gasteiger partial charge in [-0.15, -0.1) is 0 Å². The van der Waals surface area contributed by atoms with Gasteiger partial charge in [0.25, 0.3) is 5.91 Å². The Balaban J connectivity index is 1.61. The molecule has 26 heavy (non-hydrogen) atoms. The summed E-state index contributed by atoms with van der Waals surface area (Å²) in [6, 6.07) is 7.47. The second-order valence-corrected chi connectivity index (χ2v) is 6.89. The highest BCUT2D eigenvalue weighted by atomic mass is 16.5. The minimum absolute atomic E-state index is 0.0914. The number of carboxylic acid groups (broad SMARTS) is 1. The average molecular weight is 359 g/mol. The lowest BCUT2D eigenvalue weighted by molar-refractivity contribution is -0.140. The van der Waals surface area contributed by atoms with E-state index in [0.29, 0.717) is 18.2 Å². The van der Waals surface area contributed by atoms with Crippen molar-refractivity contribution in [2.45, 2.75) is 19.8 Å². The van der Waals surface area contributed by atoms with Crippen molar-refractivity contribution in [1.82, 2.24) is 15.6 Å². The lowest BCUT2D eigenvalue weighted by atomic mass is 9.99. The molecule has 3 rings (SSSR count). The topological polar surface area (TPSA) is 103 Å². The number of aliphatic carboxylic acids is 1. The number of carbonyl (C=O) groups is 2. The normalized spacial score (nSPS) is 16.3. The molecule has 7 heteroatoms. The molecule has 4 N–H and O–H groups in total. The Labute approximate surface area is 152 Å². The van der Waals surface area contributed by atoms with Crippen LogP contribution in [-0.2, 0) is 4.79 Å². The number of H-pyrrole nitrogens is 1. The summed E-state index contributed by atoms with van der Waals surface area (Å²) in [5, 5.41) is 15.8. The summed E-state index contributed by atoms with van der Waals surface area (Å²) >= 11 is 0. The highest BCUT2D eigenvalue weighted by molar-refractivity contribution is 5.98. The molecule has 1 saturated heterocycles. The second-order valence-electron chi connectivity index (χ2n) is 6.89. The van der Waals surface area contributed by atoms with E-state index < -0.39 is 11.9 Å². The molecule has 0 bridgehead atoms. The lowest BCUT2D eigenvalue weighted by Gasteiger charge is -2.22. The van der Waals surface area contributed by atoms with Crippen LogP contribution < -0.4 is 15.4 Å². The molecule has 1 aliphatic heterocycles. The van der Waals surface area contributed by atoms with Gasteiger partial charge in [0, 0.05) is 17.4 Å². The fraction of sp³-hybridized carbons (Fsp3) is 0.474. The molecule has 0 saturated carbocycles. The van der Waals surface area contributed by atoms with Gasteiger partial charge in [0.1, 0.15) is 11.4 Å². The first-order valence-corrected chi connectivity index (χ1v) is 9.00. The summed E-state index contributed by atoms with van der Waals surface area (Å²) < 4.78 is 5.92. The summed E-state index contributed by atoms with van der Waals surface area (Å²) in [5.41, 5.74) is 1.25. The molecule has 1 atom stereocenters. The predicted octanol–water partition coefficient (Wildman–Crippen LogP) is 2.00. The molecule has 2 aromatic rings. The number of hydrogen-bond donors (Lipinski definition) is 4. The Bertz CT molecular complexity index is 780. The third-order valence-electron chi connectivity index (χ3n) is 4.77. The molecule has 0 radical (unpaired) electrons. The van der Waals surface area contributed by atoms with Gasteiger partial charge in [0.15, 0.2) is 0 Å². The zero-order chi connectivity index (χ0) is 18.5. The predicted molar refractivity (Wildman–Crippen MR) is 98.5 cm³/mol.